The molecule has 0 aliphatic rings. The number of methoxy groups -OCH3 is 1. The van der Waals surface area contributed by atoms with E-state index in [1.54, 1.807) is 7.11 Å². The van der Waals surface area contributed by atoms with Crippen LogP contribution in [0.2, 0.25) is 0 Å². The maximum atomic E-state index is 5.36. The lowest BCUT2D eigenvalue weighted by molar-refractivity contribution is 0.386. The molecule has 1 rings (SSSR count). The molecular formula is C13H21NO. The minimum Gasteiger partial charge on any atom is -0.496 e. The van der Waals surface area contributed by atoms with Crippen molar-refractivity contribution >= 4 is 0 Å². The Balaban J connectivity index is 2.97. The molecule has 0 fully saturated rings. The first-order chi connectivity index (χ1) is 6.98. The number of likely N-dealkylation sites (N-methyl/N-ethyl adjacent to an activating group) is 1. The predicted octanol–water partition coefficient (Wildman–Crippen LogP) is 2.54. The van der Waals surface area contributed by atoms with Crippen LogP contribution in [-0.2, 0) is 6.42 Å². The van der Waals surface area contributed by atoms with Gasteiger partial charge in [0.2, 0.25) is 0 Å². The lowest BCUT2D eigenvalue weighted by atomic mass is 9.94. The topological polar surface area (TPSA) is 21.3 Å². The second kappa shape index (κ2) is 4.67. The Kier molecular flexibility index (Phi) is 3.75. The smallest absolute Gasteiger partial charge is 0.122 e. The van der Waals surface area contributed by atoms with Gasteiger partial charge in [-0.2, -0.15) is 0 Å². The van der Waals surface area contributed by atoms with E-state index in [4.69, 9.17) is 4.74 Å². The molecule has 0 unspecified atom stereocenters. The molecule has 1 aromatic rings. The molecule has 0 saturated heterocycles. The van der Waals surface area contributed by atoms with Crippen LogP contribution in [-0.4, -0.2) is 19.7 Å². The molecule has 1 aromatic carbocycles. The Morgan fingerprint density at radius 3 is 2.53 bits per heavy atom. The highest BCUT2D eigenvalue weighted by Crippen LogP contribution is 2.23. The molecule has 0 heterocycles. The van der Waals surface area contributed by atoms with E-state index >= 15 is 0 Å². The third-order valence-corrected chi connectivity index (χ3v) is 2.75. The Labute approximate surface area is 92.6 Å². The van der Waals surface area contributed by atoms with E-state index in [1.165, 1.54) is 11.1 Å². The van der Waals surface area contributed by atoms with Crippen LogP contribution < -0.4 is 10.1 Å². The van der Waals surface area contributed by atoms with Crippen molar-refractivity contribution in [3.63, 3.8) is 0 Å². The highest BCUT2D eigenvalue weighted by molar-refractivity contribution is 5.37. The first kappa shape index (κ1) is 12.1. The summed E-state index contributed by atoms with van der Waals surface area (Å²) in [5.74, 6) is 0.976. The van der Waals surface area contributed by atoms with Crippen molar-refractivity contribution in [3.8, 4) is 5.75 Å². The maximum Gasteiger partial charge on any atom is 0.122 e. The van der Waals surface area contributed by atoms with Crippen molar-refractivity contribution in [1.29, 1.82) is 0 Å². The summed E-state index contributed by atoms with van der Waals surface area (Å²) >= 11 is 0. The normalized spacial score (nSPS) is 11.5. The molecule has 0 radical (unpaired) electrons. The van der Waals surface area contributed by atoms with E-state index in [0.717, 1.165) is 12.2 Å². The summed E-state index contributed by atoms with van der Waals surface area (Å²) in [5, 5.41) is 3.31. The van der Waals surface area contributed by atoms with Crippen molar-refractivity contribution < 1.29 is 4.74 Å². The van der Waals surface area contributed by atoms with Gasteiger partial charge in [0.05, 0.1) is 7.11 Å². The van der Waals surface area contributed by atoms with Crippen LogP contribution in [0.25, 0.3) is 0 Å². The third kappa shape index (κ3) is 3.24. The largest absolute Gasteiger partial charge is 0.496 e. The molecule has 0 atom stereocenters. The molecule has 2 nitrogen and oxygen atoms in total. The lowest BCUT2D eigenvalue weighted by Crippen LogP contribution is -2.38. The summed E-state index contributed by atoms with van der Waals surface area (Å²) in [6.07, 6.45) is 0.967. The zero-order valence-electron chi connectivity index (χ0n) is 10.3. The van der Waals surface area contributed by atoms with Gasteiger partial charge in [-0.3, -0.25) is 0 Å². The van der Waals surface area contributed by atoms with Crippen LogP contribution in [0, 0.1) is 6.92 Å². The summed E-state index contributed by atoms with van der Waals surface area (Å²) in [5.41, 5.74) is 2.63. The summed E-state index contributed by atoms with van der Waals surface area (Å²) in [6, 6.07) is 6.31. The molecule has 84 valence electrons. The Hall–Kier alpha value is -1.02. The van der Waals surface area contributed by atoms with Crippen LogP contribution in [0.3, 0.4) is 0 Å². The SMILES string of the molecule is CNC(C)(C)Cc1cc(C)ccc1OC. The zero-order chi connectivity index (χ0) is 11.5. The van der Waals surface area contributed by atoms with E-state index in [9.17, 15) is 0 Å². The molecule has 0 aliphatic carbocycles. The van der Waals surface area contributed by atoms with Gasteiger partial charge in [0.1, 0.15) is 5.75 Å². The van der Waals surface area contributed by atoms with Gasteiger partial charge in [0.15, 0.2) is 0 Å². The average Bonchev–Trinajstić information content (AvgIpc) is 2.18. The molecule has 0 aliphatic heterocycles. The highest BCUT2D eigenvalue weighted by Gasteiger charge is 2.17. The molecule has 0 bridgehead atoms. The Morgan fingerprint density at radius 1 is 1.33 bits per heavy atom. The van der Waals surface area contributed by atoms with Crippen molar-refractivity contribution in [2.75, 3.05) is 14.2 Å². The van der Waals surface area contributed by atoms with Gasteiger partial charge in [-0.25, -0.2) is 0 Å². The molecule has 0 saturated carbocycles. The monoisotopic (exact) mass is 207 g/mol. The van der Waals surface area contributed by atoms with Crippen LogP contribution in [0.1, 0.15) is 25.0 Å². The van der Waals surface area contributed by atoms with Crippen LogP contribution in [0.15, 0.2) is 18.2 Å². The third-order valence-electron chi connectivity index (χ3n) is 2.75. The fraction of sp³-hybridized carbons (Fsp3) is 0.538. The second-order valence-electron chi connectivity index (χ2n) is 4.63. The summed E-state index contributed by atoms with van der Waals surface area (Å²) in [7, 11) is 3.71. The average molecular weight is 207 g/mol. The molecule has 0 spiro atoms. The molecule has 0 aromatic heterocycles. The number of hydrogen-bond acceptors (Lipinski definition) is 2. The Bertz CT molecular complexity index is 331. The summed E-state index contributed by atoms with van der Waals surface area (Å²) < 4.78 is 5.36. The first-order valence-electron chi connectivity index (χ1n) is 5.31. The van der Waals surface area contributed by atoms with Crippen molar-refractivity contribution in [3.05, 3.63) is 29.3 Å². The highest BCUT2D eigenvalue weighted by atomic mass is 16.5. The predicted molar refractivity (Wildman–Crippen MR) is 64.6 cm³/mol. The van der Waals surface area contributed by atoms with Gasteiger partial charge in [0, 0.05) is 5.54 Å². The number of ether oxygens (including phenoxy) is 1. The molecule has 0 amide bonds. The van der Waals surface area contributed by atoms with E-state index < -0.39 is 0 Å². The number of aryl methyl sites for hydroxylation is 1. The van der Waals surface area contributed by atoms with Crippen LogP contribution >= 0.6 is 0 Å². The number of rotatable bonds is 4. The minimum absolute atomic E-state index is 0.0983. The number of nitrogens with one attached hydrogen (secondary N) is 1. The van der Waals surface area contributed by atoms with E-state index in [-0.39, 0.29) is 5.54 Å². The molecular weight excluding hydrogens is 186 g/mol. The van der Waals surface area contributed by atoms with E-state index in [2.05, 4.69) is 38.2 Å². The summed E-state index contributed by atoms with van der Waals surface area (Å²) in [4.78, 5) is 0. The molecule has 15 heavy (non-hydrogen) atoms. The van der Waals surface area contributed by atoms with Gasteiger partial charge in [-0.05, 0) is 45.9 Å². The van der Waals surface area contributed by atoms with Crippen LogP contribution in [0.4, 0.5) is 0 Å². The maximum absolute atomic E-state index is 5.36. The van der Waals surface area contributed by atoms with Crippen molar-refractivity contribution in [2.45, 2.75) is 32.7 Å². The first-order valence-corrected chi connectivity index (χ1v) is 5.31. The quantitative estimate of drug-likeness (QED) is 0.819. The van der Waals surface area contributed by atoms with Gasteiger partial charge in [0.25, 0.3) is 0 Å². The minimum atomic E-state index is 0.0983. The zero-order valence-corrected chi connectivity index (χ0v) is 10.3. The van der Waals surface area contributed by atoms with E-state index in [1.807, 2.05) is 13.1 Å². The van der Waals surface area contributed by atoms with Gasteiger partial charge in [-0.15, -0.1) is 0 Å². The fourth-order valence-corrected chi connectivity index (χ4v) is 1.61. The van der Waals surface area contributed by atoms with Gasteiger partial charge < -0.3 is 10.1 Å². The molecule has 1 N–H and O–H groups in total. The lowest BCUT2D eigenvalue weighted by Gasteiger charge is -2.25. The standard InChI is InChI=1S/C13H21NO/c1-10-6-7-12(15-5)11(8-10)9-13(2,3)14-4/h6-8,14H,9H2,1-5H3. The van der Waals surface area contributed by atoms with Crippen molar-refractivity contribution in [1.82, 2.24) is 5.32 Å². The Morgan fingerprint density at radius 2 is 2.00 bits per heavy atom. The number of hydrogen-bond donors (Lipinski definition) is 1. The van der Waals surface area contributed by atoms with Gasteiger partial charge in [-0.1, -0.05) is 17.7 Å². The van der Waals surface area contributed by atoms with Crippen LogP contribution in [0.5, 0.6) is 5.75 Å². The fourth-order valence-electron chi connectivity index (χ4n) is 1.61. The second-order valence-corrected chi connectivity index (χ2v) is 4.63. The number of benzene rings is 1. The summed E-state index contributed by atoms with van der Waals surface area (Å²) in [6.45, 7) is 6.48. The molecule has 2 heteroatoms. The van der Waals surface area contributed by atoms with Gasteiger partial charge >= 0.3 is 0 Å². The van der Waals surface area contributed by atoms with E-state index in [0.29, 0.717) is 0 Å². The van der Waals surface area contributed by atoms with Crippen molar-refractivity contribution in [2.24, 2.45) is 0 Å².